The van der Waals surface area contributed by atoms with Crippen LogP contribution in [0.1, 0.15) is 31.0 Å². The van der Waals surface area contributed by atoms with Gasteiger partial charge in [0, 0.05) is 6.20 Å². The zero-order valence-corrected chi connectivity index (χ0v) is 12.2. The smallest absolute Gasteiger partial charge is 0.322 e. The van der Waals surface area contributed by atoms with Gasteiger partial charge in [0.15, 0.2) is 0 Å². The Morgan fingerprint density at radius 2 is 2.00 bits per heavy atom. The van der Waals surface area contributed by atoms with Crippen molar-refractivity contribution in [3.8, 4) is 11.8 Å². The van der Waals surface area contributed by atoms with E-state index in [1.165, 1.54) is 18.4 Å². The minimum atomic E-state index is 0.229. The first-order valence-electron chi connectivity index (χ1n) is 6.58. The molecule has 1 heterocycles. The van der Waals surface area contributed by atoms with Crippen molar-refractivity contribution in [2.75, 3.05) is 0 Å². The van der Waals surface area contributed by atoms with E-state index in [0.29, 0.717) is 11.4 Å². The second kappa shape index (κ2) is 6.96. The second-order valence-electron chi connectivity index (χ2n) is 4.44. The molecule has 0 saturated heterocycles. The predicted octanol–water partition coefficient (Wildman–Crippen LogP) is 3.25. The first-order chi connectivity index (χ1) is 9.69. The lowest BCUT2D eigenvalue weighted by atomic mass is 10.1. The topological polar surface area (TPSA) is 61.0 Å². The van der Waals surface area contributed by atoms with Crippen LogP contribution in [0.5, 0.6) is 11.8 Å². The highest BCUT2D eigenvalue weighted by Gasteiger charge is 2.04. The molecule has 5 heteroatoms. The van der Waals surface area contributed by atoms with Crippen molar-refractivity contribution in [1.29, 1.82) is 0 Å². The lowest BCUT2D eigenvalue weighted by Crippen LogP contribution is -2.12. The van der Waals surface area contributed by atoms with E-state index < -0.39 is 0 Å². The number of aryl methyl sites for hydroxylation is 1. The Kier molecular flexibility index (Phi) is 5.01. The summed E-state index contributed by atoms with van der Waals surface area (Å²) in [6.07, 6.45) is 5.05. The number of nitrogens with zero attached hydrogens (tertiary/aromatic N) is 2. The van der Waals surface area contributed by atoms with Gasteiger partial charge < -0.3 is 10.5 Å². The summed E-state index contributed by atoms with van der Waals surface area (Å²) in [5.41, 5.74) is 7.33. The van der Waals surface area contributed by atoms with E-state index in [2.05, 4.69) is 29.0 Å². The average molecular weight is 287 g/mol. The molecular weight excluding hydrogens is 270 g/mol. The van der Waals surface area contributed by atoms with Gasteiger partial charge in [0.1, 0.15) is 16.4 Å². The van der Waals surface area contributed by atoms with E-state index in [9.17, 15) is 0 Å². The number of nitrogens with two attached hydrogens (primary N) is 1. The Morgan fingerprint density at radius 1 is 1.25 bits per heavy atom. The molecule has 1 aromatic heterocycles. The summed E-state index contributed by atoms with van der Waals surface area (Å²) in [5, 5.41) is 0. The molecule has 0 spiro atoms. The van der Waals surface area contributed by atoms with Crippen molar-refractivity contribution in [1.82, 2.24) is 9.97 Å². The van der Waals surface area contributed by atoms with Gasteiger partial charge in [-0.1, -0.05) is 37.7 Å². The molecule has 0 aliphatic heterocycles. The average Bonchev–Trinajstić information content (AvgIpc) is 2.47. The third kappa shape index (κ3) is 3.99. The van der Waals surface area contributed by atoms with Crippen molar-refractivity contribution < 1.29 is 4.74 Å². The van der Waals surface area contributed by atoms with Crippen LogP contribution in [0.2, 0.25) is 0 Å². The number of unbranched alkanes of at least 4 members (excludes halogenated alkanes) is 1. The van der Waals surface area contributed by atoms with E-state index in [4.69, 9.17) is 22.7 Å². The fourth-order valence-electron chi connectivity index (χ4n) is 1.74. The quantitative estimate of drug-likeness (QED) is 0.826. The van der Waals surface area contributed by atoms with Crippen molar-refractivity contribution >= 4 is 17.2 Å². The molecule has 0 radical (unpaired) electrons. The maximum Gasteiger partial charge on any atom is 0.322 e. The Labute approximate surface area is 124 Å². The van der Waals surface area contributed by atoms with Gasteiger partial charge in [-0.05, 0) is 36.6 Å². The SMILES string of the molecule is CCCCc1ccc(Oc2nccc(C(N)=S)n2)cc1. The number of benzene rings is 1. The molecule has 0 unspecified atom stereocenters. The Morgan fingerprint density at radius 3 is 2.65 bits per heavy atom. The molecule has 2 aromatic rings. The normalized spacial score (nSPS) is 10.2. The largest absolute Gasteiger partial charge is 0.424 e. The summed E-state index contributed by atoms with van der Waals surface area (Å²) >= 11 is 4.88. The van der Waals surface area contributed by atoms with E-state index in [1.807, 2.05) is 12.1 Å². The number of rotatable bonds is 6. The van der Waals surface area contributed by atoms with Crippen molar-refractivity contribution in [2.45, 2.75) is 26.2 Å². The molecule has 104 valence electrons. The summed E-state index contributed by atoms with van der Waals surface area (Å²) in [6, 6.07) is 9.86. The van der Waals surface area contributed by atoms with Crippen molar-refractivity contribution in [3.05, 3.63) is 47.8 Å². The van der Waals surface area contributed by atoms with Gasteiger partial charge >= 0.3 is 6.01 Å². The summed E-state index contributed by atoms with van der Waals surface area (Å²) < 4.78 is 5.59. The maximum absolute atomic E-state index is 5.59. The van der Waals surface area contributed by atoms with Crippen molar-refractivity contribution in [2.24, 2.45) is 5.73 Å². The van der Waals surface area contributed by atoms with Gasteiger partial charge in [0.05, 0.1) is 0 Å². The van der Waals surface area contributed by atoms with Gasteiger partial charge in [0.2, 0.25) is 0 Å². The molecule has 20 heavy (non-hydrogen) atoms. The van der Waals surface area contributed by atoms with Gasteiger partial charge in [-0.15, -0.1) is 0 Å². The molecule has 1 aromatic carbocycles. The minimum Gasteiger partial charge on any atom is -0.424 e. The van der Waals surface area contributed by atoms with Gasteiger partial charge in [-0.2, -0.15) is 4.98 Å². The molecule has 0 amide bonds. The summed E-state index contributed by atoms with van der Waals surface area (Å²) in [4.78, 5) is 8.41. The number of aromatic nitrogens is 2. The molecule has 0 fully saturated rings. The van der Waals surface area contributed by atoms with Gasteiger partial charge in [-0.3, -0.25) is 0 Å². The number of hydrogen-bond acceptors (Lipinski definition) is 4. The molecule has 0 saturated carbocycles. The molecule has 0 aliphatic rings. The van der Waals surface area contributed by atoms with E-state index in [1.54, 1.807) is 12.3 Å². The lowest BCUT2D eigenvalue weighted by molar-refractivity contribution is 0.441. The third-order valence-corrected chi connectivity index (χ3v) is 3.05. The van der Waals surface area contributed by atoms with E-state index in [0.717, 1.165) is 6.42 Å². The second-order valence-corrected chi connectivity index (χ2v) is 4.88. The van der Waals surface area contributed by atoms with Crippen LogP contribution in [0, 0.1) is 0 Å². The number of hydrogen-bond donors (Lipinski definition) is 1. The first-order valence-corrected chi connectivity index (χ1v) is 6.99. The van der Waals surface area contributed by atoms with Crippen LogP contribution in [-0.2, 0) is 6.42 Å². The fourth-order valence-corrected chi connectivity index (χ4v) is 1.85. The minimum absolute atomic E-state index is 0.229. The Bertz CT molecular complexity index is 584. The summed E-state index contributed by atoms with van der Waals surface area (Å²) in [5.74, 6) is 0.699. The molecule has 0 atom stereocenters. The molecule has 4 nitrogen and oxygen atoms in total. The fraction of sp³-hybridized carbons (Fsp3) is 0.267. The molecule has 0 bridgehead atoms. The van der Waals surface area contributed by atoms with Crippen LogP contribution in [0.4, 0.5) is 0 Å². The highest BCUT2D eigenvalue weighted by molar-refractivity contribution is 7.80. The third-order valence-electron chi connectivity index (χ3n) is 2.84. The molecule has 2 rings (SSSR count). The predicted molar refractivity (Wildman–Crippen MR) is 83.0 cm³/mol. The highest BCUT2D eigenvalue weighted by Crippen LogP contribution is 2.19. The highest BCUT2D eigenvalue weighted by atomic mass is 32.1. The summed E-state index contributed by atoms with van der Waals surface area (Å²) in [6.45, 7) is 2.18. The van der Waals surface area contributed by atoms with Crippen LogP contribution < -0.4 is 10.5 Å². The number of thiocarbonyl (C=S) groups is 1. The van der Waals surface area contributed by atoms with Crippen LogP contribution in [-0.4, -0.2) is 15.0 Å². The molecule has 0 aliphatic carbocycles. The first kappa shape index (κ1) is 14.4. The summed E-state index contributed by atoms with van der Waals surface area (Å²) in [7, 11) is 0. The van der Waals surface area contributed by atoms with Crippen LogP contribution in [0.3, 0.4) is 0 Å². The van der Waals surface area contributed by atoms with Crippen molar-refractivity contribution in [3.63, 3.8) is 0 Å². The van der Waals surface area contributed by atoms with Crippen LogP contribution in [0.15, 0.2) is 36.5 Å². The molecule has 2 N–H and O–H groups in total. The standard InChI is InChI=1S/C15H17N3OS/c1-2-3-4-11-5-7-12(8-6-11)19-15-17-10-9-13(18-15)14(16)20/h5-10H,2-4H2,1H3,(H2,16,20). The van der Waals surface area contributed by atoms with Gasteiger partial charge in [-0.25, -0.2) is 4.98 Å². The zero-order chi connectivity index (χ0) is 14.4. The van der Waals surface area contributed by atoms with Crippen LogP contribution >= 0.6 is 12.2 Å². The maximum atomic E-state index is 5.59. The molecular formula is C15H17N3OS. The van der Waals surface area contributed by atoms with Crippen LogP contribution in [0.25, 0.3) is 0 Å². The monoisotopic (exact) mass is 287 g/mol. The Balaban J connectivity index is 2.06. The van der Waals surface area contributed by atoms with Gasteiger partial charge in [0.25, 0.3) is 0 Å². The zero-order valence-electron chi connectivity index (χ0n) is 11.4. The number of ether oxygens (including phenoxy) is 1. The lowest BCUT2D eigenvalue weighted by Gasteiger charge is -2.06. The van der Waals surface area contributed by atoms with E-state index >= 15 is 0 Å². The Hall–Kier alpha value is -2.01. The van der Waals surface area contributed by atoms with E-state index in [-0.39, 0.29) is 11.0 Å².